The minimum Gasteiger partial charge on any atom is -0.339 e. The van der Waals surface area contributed by atoms with Gasteiger partial charge in [0, 0.05) is 12.3 Å². The molecule has 2 atom stereocenters. The molecule has 0 saturated carbocycles. The third-order valence-electron chi connectivity index (χ3n) is 3.39. The highest BCUT2D eigenvalue weighted by atomic mass is 31.2. The molecule has 1 saturated heterocycles. The molecule has 2 unspecified atom stereocenters. The number of hydrogen-bond donors (Lipinski definition) is 3. The normalized spacial score (nSPS) is 25.7. The number of nitrogens with one attached hydrogen (secondary N) is 1. The van der Waals surface area contributed by atoms with Crippen LogP contribution < -0.4 is 11.2 Å². The second kappa shape index (κ2) is 5.62. The van der Waals surface area contributed by atoms with Gasteiger partial charge in [-0.15, -0.1) is 6.42 Å². The maximum atomic E-state index is 11.7. The number of ether oxygens (including phenoxy) is 1. The molecule has 1 aromatic heterocycles. The molecule has 1 aromatic rings. The predicted octanol–water partition coefficient (Wildman–Crippen LogP) is -0.215. The van der Waals surface area contributed by atoms with Crippen molar-refractivity contribution in [2.24, 2.45) is 0 Å². The first-order valence-electron chi connectivity index (χ1n) is 6.26. The fraction of sp³-hybridized carbons (Fsp3) is 0.500. The molecule has 8 nitrogen and oxygen atoms in total. The fourth-order valence-corrected chi connectivity index (χ4v) is 2.93. The Balaban J connectivity index is 2.18. The van der Waals surface area contributed by atoms with Crippen molar-refractivity contribution in [2.45, 2.75) is 31.1 Å². The van der Waals surface area contributed by atoms with E-state index in [1.807, 2.05) is 0 Å². The van der Waals surface area contributed by atoms with E-state index >= 15 is 0 Å². The number of nitrogens with zero attached hydrogens (tertiary/aromatic N) is 1. The van der Waals surface area contributed by atoms with Crippen LogP contribution in [0.3, 0.4) is 0 Å². The minimum absolute atomic E-state index is 0.00236. The number of aromatic amines is 1. The Bertz CT molecular complexity index is 726. The highest BCUT2D eigenvalue weighted by molar-refractivity contribution is 7.51. The van der Waals surface area contributed by atoms with Gasteiger partial charge in [0.05, 0.1) is 6.16 Å². The van der Waals surface area contributed by atoms with Crippen molar-refractivity contribution < 1.29 is 19.1 Å². The van der Waals surface area contributed by atoms with E-state index < -0.39 is 30.7 Å². The summed E-state index contributed by atoms with van der Waals surface area (Å²) in [4.78, 5) is 42.7. The fourth-order valence-electron chi connectivity index (χ4n) is 2.27. The summed E-state index contributed by atoms with van der Waals surface area (Å²) < 4.78 is 17.8. The van der Waals surface area contributed by atoms with Gasteiger partial charge in [0.15, 0.2) is 0 Å². The summed E-state index contributed by atoms with van der Waals surface area (Å²) in [7, 11) is -4.17. The van der Waals surface area contributed by atoms with Gasteiger partial charge in [0.25, 0.3) is 5.56 Å². The second-order valence-corrected chi connectivity index (χ2v) is 6.68. The monoisotopic (exact) mass is 314 g/mol. The number of terminal acetylenes is 1. The first-order valence-corrected chi connectivity index (χ1v) is 8.06. The van der Waals surface area contributed by atoms with Crippen molar-refractivity contribution in [3.05, 3.63) is 33.1 Å². The van der Waals surface area contributed by atoms with Gasteiger partial charge in [-0.1, -0.05) is 5.92 Å². The van der Waals surface area contributed by atoms with Crippen molar-refractivity contribution in [3.63, 3.8) is 0 Å². The molecule has 0 bridgehead atoms. The third kappa shape index (κ3) is 3.71. The van der Waals surface area contributed by atoms with Crippen LogP contribution in [0.2, 0.25) is 0 Å². The Morgan fingerprint density at radius 1 is 1.57 bits per heavy atom. The first kappa shape index (κ1) is 15.7. The molecule has 2 heterocycles. The molecule has 2 rings (SSSR count). The van der Waals surface area contributed by atoms with Gasteiger partial charge in [-0.3, -0.25) is 18.9 Å². The van der Waals surface area contributed by atoms with Crippen LogP contribution in [0.4, 0.5) is 0 Å². The summed E-state index contributed by atoms with van der Waals surface area (Å²) in [6, 6.07) is 1.19. The second-order valence-electron chi connectivity index (χ2n) is 4.91. The highest BCUT2D eigenvalue weighted by Gasteiger charge is 2.40. The van der Waals surface area contributed by atoms with Crippen molar-refractivity contribution in [3.8, 4) is 12.3 Å². The van der Waals surface area contributed by atoms with E-state index in [2.05, 4.69) is 10.9 Å². The summed E-state index contributed by atoms with van der Waals surface area (Å²) >= 11 is 0. The zero-order valence-corrected chi connectivity index (χ0v) is 12.0. The Morgan fingerprint density at radius 3 is 2.86 bits per heavy atom. The average Bonchev–Trinajstić information content (AvgIpc) is 2.81. The first-order chi connectivity index (χ1) is 9.75. The van der Waals surface area contributed by atoms with E-state index in [0.29, 0.717) is 12.8 Å². The molecule has 1 fully saturated rings. The lowest BCUT2D eigenvalue weighted by Gasteiger charge is -2.24. The summed E-state index contributed by atoms with van der Waals surface area (Å²) in [5.41, 5.74) is -2.24. The van der Waals surface area contributed by atoms with E-state index in [0.717, 1.165) is 0 Å². The molecular weight excluding hydrogens is 299 g/mol. The topological polar surface area (TPSA) is 122 Å². The lowest BCUT2D eigenvalue weighted by molar-refractivity contribution is -0.0413. The van der Waals surface area contributed by atoms with E-state index in [9.17, 15) is 14.2 Å². The van der Waals surface area contributed by atoms with Crippen LogP contribution in [-0.2, 0) is 9.30 Å². The van der Waals surface area contributed by atoms with E-state index in [1.165, 1.54) is 16.8 Å². The molecule has 0 radical (unpaired) electrons. The molecule has 0 aromatic carbocycles. The summed E-state index contributed by atoms with van der Waals surface area (Å²) in [6.45, 7) is 0. The van der Waals surface area contributed by atoms with Crippen LogP contribution >= 0.6 is 7.60 Å². The van der Waals surface area contributed by atoms with Gasteiger partial charge >= 0.3 is 13.3 Å². The van der Waals surface area contributed by atoms with Gasteiger partial charge in [-0.2, -0.15) is 0 Å². The van der Waals surface area contributed by atoms with Gasteiger partial charge in [-0.05, 0) is 19.3 Å². The average molecular weight is 314 g/mol. The van der Waals surface area contributed by atoms with E-state index in [1.54, 1.807) is 0 Å². The molecule has 9 heteroatoms. The Kier molecular flexibility index (Phi) is 4.21. The smallest absolute Gasteiger partial charge is 0.330 e. The zero-order chi connectivity index (χ0) is 15.7. The van der Waals surface area contributed by atoms with Crippen molar-refractivity contribution in [1.29, 1.82) is 0 Å². The van der Waals surface area contributed by atoms with Crippen LogP contribution in [0.5, 0.6) is 0 Å². The number of rotatable bonds is 4. The van der Waals surface area contributed by atoms with Gasteiger partial charge in [-0.25, -0.2) is 4.79 Å². The van der Waals surface area contributed by atoms with Crippen LogP contribution in [-0.4, -0.2) is 31.1 Å². The lowest BCUT2D eigenvalue weighted by Crippen LogP contribution is -2.33. The SMILES string of the molecule is C#CC1(CCP(=O)(O)O)CCC(n2ccc(=O)[nH]c2=O)O1. The quantitative estimate of drug-likeness (QED) is 0.522. The van der Waals surface area contributed by atoms with Crippen LogP contribution in [0.1, 0.15) is 25.5 Å². The van der Waals surface area contributed by atoms with E-state index in [4.69, 9.17) is 20.9 Å². The number of aromatic nitrogens is 2. The van der Waals surface area contributed by atoms with Gasteiger partial charge in [0.2, 0.25) is 0 Å². The van der Waals surface area contributed by atoms with Gasteiger partial charge in [0.1, 0.15) is 11.8 Å². The zero-order valence-electron chi connectivity index (χ0n) is 11.1. The molecule has 1 aliphatic rings. The largest absolute Gasteiger partial charge is 0.339 e. The summed E-state index contributed by atoms with van der Waals surface area (Å²) in [5, 5.41) is 0. The van der Waals surface area contributed by atoms with Crippen LogP contribution in [0.15, 0.2) is 21.9 Å². The van der Waals surface area contributed by atoms with Crippen LogP contribution in [0, 0.1) is 12.3 Å². The van der Waals surface area contributed by atoms with Crippen molar-refractivity contribution in [1.82, 2.24) is 9.55 Å². The molecule has 1 aliphatic heterocycles. The molecular formula is C12H15N2O6P. The van der Waals surface area contributed by atoms with Gasteiger partial charge < -0.3 is 14.5 Å². The molecule has 3 N–H and O–H groups in total. The highest BCUT2D eigenvalue weighted by Crippen LogP contribution is 2.43. The third-order valence-corrected chi connectivity index (χ3v) is 4.19. The Hall–Kier alpha value is -1.65. The molecule has 21 heavy (non-hydrogen) atoms. The molecule has 0 aliphatic carbocycles. The predicted molar refractivity (Wildman–Crippen MR) is 73.8 cm³/mol. The van der Waals surface area contributed by atoms with E-state index in [-0.39, 0.29) is 12.6 Å². The Labute approximate surface area is 119 Å². The number of H-pyrrole nitrogens is 1. The van der Waals surface area contributed by atoms with Crippen molar-refractivity contribution in [2.75, 3.05) is 6.16 Å². The maximum Gasteiger partial charge on any atom is 0.330 e. The summed E-state index contributed by atoms with van der Waals surface area (Å²) in [5.74, 6) is 2.43. The number of hydrogen-bond acceptors (Lipinski definition) is 4. The Morgan fingerprint density at radius 2 is 2.29 bits per heavy atom. The standard InChI is InChI=1S/C12H15N2O6P/c1-2-12(6-8-21(17,18)19)5-3-10(20-12)14-7-4-9(15)13-11(14)16/h1,4,7,10H,3,5-6,8H2,(H,13,15,16)(H2,17,18,19). The van der Waals surface area contributed by atoms with Crippen LogP contribution in [0.25, 0.3) is 0 Å². The minimum atomic E-state index is -4.17. The molecule has 0 spiro atoms. The molecule has 0 amide bonds. The maximum absolute atomic E-state index is 11.7. The molecule has 114 valence electrons. The summed E-state index contributed by atoms with van der Waals surface area (Å²) in [6.07, 6.45) is 6.48. The lowest BCUT2D eigenvalue weighted by atomic mass is 9.98. The van der Waals surface area contributed by atoms with Crippen molar-refractivity contribution >= 4 is 7.60 Å².